The molecule has 0 aliphatic rings. The molecular formula is C38H50N2O2. The lowest BCUT2D eigenvalue weighted by atomic mass is 10.1. The van der Waals surface area contributed by atoms with Crippen molar-refractivity contribution in [1.82, 2.24) is 9.80 Å². The Balaban J connectivity index is 0.000000230. The second-order valence-electron chi connectivity index (χ2n) is 10.4. The first kappa shape index (κ1) is 32.9. The van der Waals surface area contributed by atoms with Crippen molar-refractivity contribution in [2.24, 2.45) is 0 Å². The lowest BCUT2D eigenvalue weighted by molar-refractivity contribution is 0.223. The highest BCUT2D eigenvalue weighted by atomic mass is 16.5. The Morgan fingerprint density at radius 2 is 0.714 bits per heavy atom. The molecule has 0 N–H and O–H groups in total. The van der Waals surface area contributed by atoms with Gasteiger partial charge in [-0.3, -0.25) is 0 Å². The molecule has 0 atom stereocenters. The van der Waals surface area contributed by atoms with Crippen LogP contribution in [0.1, 0.15) is 49.9 Å². The van der Waals surface area contributed by atoms with Crippen LogP contribution in [0.15, 0.2) is 109 Å². The zero-order valence-corrected chi connectivity index (χ0v) is 26.2. The van der Waals surface area contributed by atoms with E-state index in [4.69, 9.17) is 9.47 Å². The zero-order valence-electron chi connectivity index (χ0n) is 26.2. The highest BCUT2D eigenvalue weighted by Crippen LogP contribution is 2.16. The second-order valence-corrected chi connectivity index (χ2v) is 10.4. The molecule has 0 saturated carbocycles. The third-order valence-corrected chi connectivity index (χ3v) is 7.49. The van der Waals surface area contributed by atoms with Gasteiger partial charge in [-0.15, -0.1) is 0 Å². The zero-order chi connectivity index (χ0) is 29.8. The summed E-state index contributed by atoms with van der Waals surface area (Å²) in [4.78, 5) is 4.73. The van der Waals surface area contributed by atoms with Crippen LogP contribution in [0.3, 0.4) is 0 Å². The SMILES string of the molecule is CCN(CC)CCOc1ccc(Cc2ccccc2)cc1.CCN(CC)CCOc1ccc(Cc2ccccc2)cc1. The van der Waals surface area contributed by atoms with E-state index in [1.165, 1.54) is 22.3 Å². The van der Waals surface area contributed by atoms with E-state index in [-0.39, 0.29) is 0 Å². The van der Waals surface area contributed by atoms with Crippen molar-refractivity contribution in [2.75, 3.05) is 52.5 Å². The molecule has 0 spiro atoms. The molecule has 4 aromatic rings. The first-order valence-electron chi connectivity index (χ1n) is 15.6. The van der Waals surface area contributed by atoms with Crippen molar-refractivity contribution < 1.29 is 9.47 Å². The van der Waals surface area contributed by atoms with Gasteiger partial charge in [0.25, 0.3) is 0 Å². The molecule has 0 bridgehead atoms. The van der Waals surface area contributed by atoms with E-state index in [2.05, 4.69) is 147 Å². The smallest absolute Gasteiger partial charge is 0.119 e. The molecule has 0 unspecified atom stereocenters. The van der Waals surface area contributed by atoms with E-state index < -0.39 is 0 Å². The molecule has 4 aromatic carbocycles. The van der Waals surface area contributed by atoms with Gasteiger partial charge in [-0.25, -0.2) is 0 Å². The lowest BCUT2D eigenvalue weighted by Gasteiger charge is -2.18. The number of likely N-dealkylation sites (N-methyl/N-ethyl adjacent to an activating group) is 2. The summed E-state index contributed by atoms with van der Waals surface area (Å²) in [6.45, 7) is 16.5. The Labute approximate surface area is 254 Å². The second kappa shape index (κ2) is 19.5. The molecule has 0 saturated heterocycles. The first-order chi connectivity index (χ1) is 20.6. The molecule has 4 heteroatoms. The summed E-state index contributed by atoms with van der Waals surface area (Å²) in [6, 6.07) is 38.0. The van der Waals surface area contributed by atoms with E-state index in [0.717, 1.165) is 76.8 Å². The van der Waals surface area contributed by atoms with Gasteiger partial charge in [0, 0.05) is 13.1 Å². The fraction of sp³-hybridized carbons (Fsp3) is 0.368. The maximum absolute atomic E-state index is 5.80. The first-order valence-corrected chi connectivity index (χ1v) is 15.6. The van der Waals surface area contributed by atoms with Crippen molar-refractivity contribution in [3.63, 3.8) is 0 Å². The van der Waals surface area contributed by atoms with Gasteiger partial charge < -0.3 is 19.3 Å². The average Bonchev–Trinajstić information content (AvgIpc) is 3.04. The summed E-state index contributed by atoms with van der Waals surface area (Å²) in [5, 5.41) is 0. The van der Waals surface area contributed by atoms with Gasteiger partial charge in [0.1, 0.15) is 24.7 Å². The minimum atomic E-state index is 0.750. The molecule has 0 aromatic heterocycles. The standard InChI is InChI=1S/2C19H25NO/c2*1-3-20(4-2)14-15-21-19-12-10-18(11-13-19)16-17-8-6-5-7-9-17/h2*5-13H,3-4,14-16H2,1-2H3. The average molecular weight is 567 g/mol. The van der Waals surface area contributed by atoms with Crippen LogP contribution in [0, 0.1) is 0 Å². The number of ether oxygens (including phenoxy) is 2. The number of nitrogens with zero attached hydrogens (tertiary/aromatic N) is 2. The van der Waals surface area contributed by atoms with Gasteiger partial charge in [-0.1, -0.05) is 113 Å². The van der Waals surface area contributed by atoms with Crippen LogP contribution < -0.4 is 9.47 Å². The summed E-state index contributed by atoms with van der Waals surface area (Å²) in [5.74, 6) is 1.91. The molecule has 0 aliphatic heterocycles. The highest BCUT2D eigenvalue weighted by molar-refractivity contribution is 5.32. The monoisotopic (exact) mass is 566 g/mol. The molecule has 0 radical (unpaired) electrons. The molecule has 4 nitrogen and oxygen atoms in total. The molecule has 0 fully saturated rings. The van der Waals surface area contributed by atoms with Crippen molar-refractivity contribution in [3.05, 3.63) is 131 Å². The topological polar surface area (TPSA) is 24.9 Å². The van der Waals surface area contributed by atoms with Crippen molar-refractivity contribution in [3.8, 4) is 11.5 Å². The Morgan fingerprint density at radius 3 is 1.02 bits per heavy atom. The third-order valence-electron chi connectivity index (χ3n) is 7.49. The largest absolute Gasteiger partial charge is 0.492 e. The summed E-state index contributed by atoms with van der Waals surface area (Å²) >= 11 is 0. The number of hydrogen-bond acceptors (Lipinski definition) is 4. The minimum Gasteiger partial charge on any atom is -0.492 e. The molecule has 224 valence electrons. The van der Waals surface area contributed by atoms with E-state index >= 15 is 0 Å². The van der Waals surface area contributed by atoms with Gasteiger partial charge in [0.15, 0.2) is 0 Å². The van der Waals surface area contributed by atoms with Gasteiger partial charge in [0.2, 0.25) is 0 Å². The van der Waals surface area contributed by atoms with Gasteiger partial charge in [-0.05, 0) is 85.5 Å². The van der Waals surface area contributed by atoms with E-state index in [1.807, 2.05) is 0 Å². The number of rotatable bonds is 16. The lowest BCUT2D eigenvalue weighted by Crippen LogP contribution is -2.27. The van der Waals surface area contributed by atoms with Crippen molar-refractivity contribution in [2.45, 2.75) is 40.5 Å². The van der Waals surface area contributed by atoms with E-state index in [9.17, 15) is 0 Å². The summed E-state index contributed by atoms with van der Waals surface area (Å²) in [5.41, 5.74) is 5.31. The molecule has 42 heavy (non-hydrogen) atoms. The summed E-state index contributed by atoms with van der Waals surface area (Å²) in [7, 11) is 0. The molecule has 4 rings (SSSR count). The third kappa shape index (κ3) is 12.5. The maximum Gasteiger partial charge on any atom is 0.119 e. The van der Waals surface area contributed by atoms with Crippen LogP contribution in [0.5, 0.6) is 11.5 Å². The van der Waals surface area contributed by atoms with Crippen LogP contribution in [-0.2, 0) is 12.8 Å². The molecule has 0 amide bonds. The van der Waals surface area contributed by atoms with Gasteiger partial charge in [-0.2, -0.15) is 0 Å². The van der Waals surface area contributed by atoms with Crippen molar-refractivity contribution in [1.29, 1.82) is 0 Å². The molecular weight excluding hydrogens is 516 g/mol. The van der Waals surface area contributed by atoms with Crippen LogP contribution in [0.2, 0.25) is 0 Å². The maximum atomic E-state index is 5.80. The number of benzene rings is 4. The predicted molar refractivity (Wildman–Crippen MR) is 178 cm³/mol. The quantitative estimate of drug-likeness (QED) is 0.137. The molecule has 0 heterocycles. The predicted octanol–water partition coefficient (Wildman–Crippen LogP) is 8.00. The Hall–Kier alpha value is -3.60. The van der Waals surface area contributed by atoms with Crippen LogP contribution >= 0.6 is 0 Å². The van der Waals surface area contributed by atoms with Crippen molar-refractivity contribution >= 4 is 0 Å². The van der Waals surface area contributed by atoms with E-state index in [1.54, 1.807) is 0 Å². The molecule has 0 aliphatic carbocycles. The Bertz CT molecular complexity index is 1100. The summed E-state index contributed by atoms with van der Waals surface area (Å²) in [6.07, 6.45) is 1.95. The summed E-state index contributed by atoms with van der Waals surface area (Å²) < 4.78 is 11.6. The minimum absolute atomic E-state index is 0.750. The Kier molecular flexibility index (Phi) is 15.3. The fourth-order valence-electron chi connectivity index (χ4n) is 4.74. The van der Waals surface area contributed by atoms with Crippen LogP contribution in [0.4, 0.5) is 0 Å². The van der Waals surface area contributed by atoms with Gasteiger partial charge >= 0.3 is 0 Å². The Morgan fingerprint density at radius 1 is 0.405 bits per heavy atom. The fourth-order valence-corrected chi connectivity index (χ4v) is 4.74. The van der Waals surface area contributed by atoms with Gasteiger partial charge in [0.05, 0.1) is 0 Å². The van der Waals surface area contributed by atoms with E-state index in [0.29, 0.717) is 0 Å². The number of hydrogen-bond donors (Lipinski definition) is 0. The highest BCUT2D eigenvalue weighted by Gasteiger charge is 2.02. The van der Waals surface area contributed by atoms with Crippen LogP contribution in [0.25, 0.3) is 0 Å². The van der Waals surface area contributed by atoms with Crippen LogP contribution in [-0.4, -0.2) is 62.3 Å². The normalized spacial score (nSPS) is 10.8.